The Bertz CT molecular complexity index is 557. The van der Waals surface area contributed by atoms with E-state index in [4.69, 9.17) is 0 Å². The standard InChI is InChI=1S/C12H13BrN2O/c1-7(2)15-12(13)10-6-9(8(3)16)4-5-11(10)14-15/h4-7H,1-3H3. The number of nitrogens with zero attached hydrogens (tertiary/aromatic N) is 2. The summed E-state index contributed by atoms with van der Waals surface area (Å²) in [6, 6.07) is 5.88. The van der Waals surface area contributed by atoms with Crippen molar-refractivity contribution in [3.05, 3.63) is 28.4 Å². The first-order valence-corrected chi connectivity index (χ1v) is 5.98. The summed E-state index contributed by atoms with van der Waals surface area (Å²) >= 11 is 3.52. The predicted octanol–water partition coefficient (Wildman–Crippen LogP) is 3.58. The average molecular weight is 281 g/mol. The molecule has 0 aliphatic rings. The van der Waals surface area contributed by atoms with E-state index in [2.05, 4.69) is 34.9 Å². The lowest BCUT2D eigenvalue weighted by atomic mass is 10.1. The Morgan fingerprint density at radius 2 is 2.12 bits per heavy atom. The van der Waals surface area contributed by atoms with Crippen LogP contribution in [-0.4, -0.2) is 15.6 Å². The smallest absolute Gasteiger partial charge is 0.159 e. The summed E-state index contributed by atoms with van der Waals surface area (Å²) in [7, 11) is 0. The average Bonchev–Trinajstić information content (AvgIpc) is 2.56. The molecule has 3 nitrogen and oxygen atoms in total. The number of hydrogen-bond donors (Lipinski definition) is 0. The highest BCUT2D eigenvalue weighted by molar-refractivity contribution is 9.10. The summed E-state index contributed by atoms with van der Waals surface area (Å²) in [6.07, 6.45) is 0. The van der Waals surface area contributed by atoms with Gasteiger partial charge >= 0.3 is 0 Å². The molecule has 1 aromatic heterocycles. The first-order chi connectivity index (χ1) is 7.50. The monoisotopic (exact) mass is 280 g/mol. The molecule has 16 heavy (non-hydrogen) atoms. The molecule has 0 aliphatic heterocycles. The van der Waals surface area contributed by atoms with Crippen LogP contribution in [0.2, 0.25) is 0 Å². The van der Waals surface area contributed by atoms with Gasteiger partial charge in [0.05, 0.1) is 5.52 Å². The van der Waals surface area contributed by atoms with Gasteiger partial charge in [0.1, 0.15) is 4.60 Å². The number of carbonyl (C=O) groups is 1. The van der Waals surface area contributed by atoms with Crippen LogP contribution in [0.5, 0.6) is 0 Å². The summed E-state index contributed by atoms with van der Waals surface area (Å²) in [5.74, 6) is 0.0751. The van der Waals surface area contributed by atoms with Crippen molar-refractivity contribution in [3.63, 3.8) is 0 Å². The SMILES string of the molecule is CC(=O)c1ccc2nn(C(C)C)c(Br)c2c1. The molecule has 0 N–H and O–H groups in total. The van der Waals surface area contributed by atoms with Crippen LogP contribution in [-0.2, 0) is 0 Å². The number of halogens is 1. The van der Waals surface area contributed by atoms with E-state index in [1.807, 2.05) is 22.9 Å². The van der Waals surface area contributed by atoms with Crippen molar-refractivity contribution in [1.29, 1.82) is 0 Å². The zero-order valence-electron chi connectivity index (χ0n) is 9.49. The van der Waals surface area contributed by atoms with Gasteiger partial charge in [0, 0.05) is 17.0 Å². The van der Waals surface area contributed by atoms with E-state index in [-0.39, 0.29) is 5.78 Å². The van der Waals surface area contributed by atoms with Gasteiger partial charge in [-0.05, 0) is 54.9 Å². The number of hydrogen-bond acceptors (Lipinski definition) is 2. The molecule has 0 atom stereocenters. The predicted molar refractivity (Wildman–Crippen MR) is 67.8 cm³/mol. The van der Waals surface area contributed by atoms with E-state index in [1.165, 1.54) is 0 Å². The molecule has 0 fully saturated rings. The lowest BCUT2D eigenvalue weighted by molar-refractivity contribution is 0.101. The van der Waals surface area contributed by atoms with E-state index in [9.17, 15) is 4.79 Å². The number of Topliss-reactive ketones (excluding diaryl/α,β-unsaturated/α-hetero) is 1. The largest absolute Gasteiger partial charge is 0.295 e. The summed E-state index contributed by atoms with van der Waals surface area (Å²) in [6.45, 7) is 5.72. The molecule has 0 aliphatic carbocycles. The van der Waals surface area contributed by atoms with Crippen LogP contribution in [0.25, 0.3) is 10.9 Å². The molecule has 0 spiro atoms. The van der Waals surface area contributed by atoms with Gasteiger partial charge < -0.3 is 0 Å². The zero-order chi connectivity index (χ0) is 11.9. The maximum absolute atomic E-state index is 11.3. The molecular formula is C12H13BrN2O. The van der Waals surface area contributed by atoms with E-state index in [0.717, 1.165) is 21.1 Å². The Kier molecular flexibility index (Phi) is 2.84. The molecule has 0 saturated carbocycles. The van der Waals surface area contributed by atoms with Crippen LogP contribution in [0.4, 0.5) is 0 Å². The molecule has 0 bridgehead atoms. The fourth-order valence-corrected chi connectivity index (χ4v) is 2.44. The van der Waals surface area contributed by atoms with Gasteiger partial charge in [-0.15, -0.1) is 0 Å². The van der Waals surface area contributed by atoms with E-state index < -0.39 is 0 Å². The van der Waals surface area contributed by atoms with Gasteiger partial charge in [0.25, 0.3) is 0 Å². The number of fused-ring (bicyclic) bond motifs is 1. The minimum absolute atomic E-state index is 0.0751. The molecular weight excluding hydrogens is 268 g/mol. The molecule has 1 heterocycles. The van der Waals surface area contributed by atoms with Crippen molar-refractivity contribution in [3.8, 4) is 0 Å². The van der Waals surface area contributed by atoms with Crippen LogP contribution in [0.15, 0.2) is 22.8 Å². The van der Waals surface area contributed by atoms with Crippen LogP contribution >= 0.6 is 15.9 Å². The van der Waals surface area contributed by atoms with Crippen molar-refractivity contribution in [2.45, 2.75) is 26.8 Å². The van der Waals surface area contributed by atoms with Crippen molar-refractivity contribution < 1.29 is 4.79 Å². The van der Waals surface area contributed by atoms with Gasteiger partial charge in [-0.25, -0.2) is 0 Å². The van der Waals surface area contributed by atoms with Gasteiger partial charge in [-0.2, -0.15) is 5.10 Å². The van der Waals surface area contributed by atoms with E-state index in [1.54, 1.807) is 6.92 Å². The Morgan fingerprint density at radius 1 is 1.44 bits per heavy atom. The first-order valence-electron chi connectivity index (χ1n) is 5.19. The second kappa shape index (κ2) is 4.01. The Labute approximate surface area is 103 Å². The van der Waals surface area contributed by atoms with Gasteiger partial charge in [-0.3, -0.25) is 9.48 Å². The fraction of sp³-hybridized carbons (Fsp3) is 0.333. The van der Waals surface area contributed by atoms with Crippen LogP contribution in [0.3, 0.4) is 0 Å². The first kappa shape index (κ1) is 11.3. The maximum atomic E-state index is 11.3. The number of benzene rings is 1. The zero-order valence-corrected chi connectivity index (χ0v) is 11.1. The summed E-state index contributed by atoms with van der Waals surface area (Å²) in [4.78, 5) is 11.3. The molecule has 0 radical (unpaired) electrons. The van der Waals surface area contributed by atoms with Crippen molar-refractivity contribution in [2.24, 2.45) is 0 Å². The fourth-order valence-electron chi connectivity index (χ4n) is 1.63. The van der Waals surface area contributed by atoms with E-state index >= 15 is 0 Å². The highest BCUT2D eigenvalue weighted by Gasteiger charge is 2.12. The maximum Gasteiger partial charge on any atom is 0.159 e. The lowest BCUT2D eigenvalue weighted by Crippen LogP contribution is -2.02. The summed E-state index contributed by atoms with van der Waals surface area (Å²) < 4.78 is 2.84. The third kappa shape index (κ3) is 1.78. The van der Waals surface area contributed by atoms with Crippen LogP contribution in [0.1, 0.15) is 37.2 Å². The second-order valence-corrected chi connectivity index (χ2v) is 4.87. The van der Waals surface area contributed by atoms with Crippen molar-refractivity contribution >= 4 is 32.6 Å². The van der Waals surface area contributed by atoms with Gasteiger partial charge in [0.2, 0.25) is 0 Å². The second-order valence-electron chi connectivity index (χ2n) is 4.12. The highest BCUT2D eigenvalue weighted by atomic mass is 79.9. The summed E-state index contributed by atoms with van der Waals surface area (Å²) in [5.41, 5.74) is 1.63. The summed E-state index contributed by atoms with van der Waals surface area (Å²) in [5, 5.41) is 5.46. The number of carbonyl (C=O) groups excluding carboxylic acids is 1. The van der Waals surface area contributed by atoms with Gasteiger partial charge in [0.15, 0.2) is 5.78 Å². The minimum atomic E-state index is 0.0751. The Hall–Kier alpha value is -1.16. The molecule has 0 amide bonds. The molecule has 2 aromatic rings. The van der Waals surface area contributed by atoms with Crippen molar-refractivity contribution in [1.82, 2.24) is 9.78 Å². The molecule has 1 aromatic carbocycles. The topological polar surface area (TPSA) is 34.9 Å². The Morgan fingerprint density at radius 3 is 2.69 bits per heavy atom. The number of ketones is 1. The number of aromatic nitrogens is 2. The van der Waals surface area contributed by atoms with Crippen molar-refractivity contribution in [2.75, 3.05) is 0 Å². The van der Waals surface area contributed by atoms with Crippen LogP contribution < -0.4 is 0 Å². The van der Waals surface area contributed by atoms with E-state index in [0.29, 0.717) is 6.04 Å². The minimum Gasteiger partial charge on any atom is -0.295 e. The molecule has 0 unspecified atom stereocenters. The molecule has 0 saturated heterocycles. The molecule has 4 heteroatoms. The molecule has 84 valence electrons. The quantitative estimate of drug-likeness (QED) is 0.788. The molecule has 2 rings (SSSR count). The third-order valence-corrected chi connectivity index (χ3v) is 3.32. The Balaban J connectivity index is 2.69. The lowest BCUT2D eigenvalue weighted by Gasteiger charge is -2.05. The number of rotatable bonds is 2. The van der Waals surface area contributed by atoms with Crippen LogP contribution in [0, 0.1) is 0 Å². The van der Waals surface area contributed by atoms with Gasteiger partial charge in [-0.1, -0.05) is 0 Å². The highest BCUT2D eigenvalue weighted by Crippen LogP contribution is 2.27. The normalized spacial score (nSPS) is 11.3. The third-order valence-electron chi connectivity index (χ3n) is 2.53.